The molecule has 1 aliphatic carbocycles. The molecule has 0 unspecified atom stereocenters. The van der Waals surface area contributed by atoms with E-state index in [1.165, 1.54) is 10.9 Å². The van der Waals surface area contributed by atoms with E-state index in [4.69, 9.17) is 4.74 Å². The van der Waals surface area contributed by atoms with Crippen molar-refractivity contribution in [1.29, 1.82) is 0 Å². The van der Waals surface area contributed by atoms with Crippen LogP contribution in [0.25, 0.3) is 0 Å². The van der Waals surface area contributed by atoms with Crippen LogP contribution >= 0.6 is 11.3 Å². The second-order valence-corrected chi connectivity index (χ2v) is 7.76. The van der Waals surface area contributed by atoms with Gasteiger partial charge in [-0.1, -0.05) is 0 Å². The second kappa shape index (κ2) is 7.23. The number of carbonyl (C=O) groups excluding carboxylic acids is 3. The molecular formula is C20H18FNO4S. The lowest BCUT2D eigenvalue weighted by Gasteiger charge is -2.18. The molecule has 2 heterocycles. The van der Waals surface area contributed by atoms with Crippen molar-refractivity contribution < 1.29 is 23.5 Å². The molecule has 1 aromatic heterocycles. The predicted octanol–water partition coefficient (Wildman–Crippen LogP) is 3.69. The van der Waals surface area contributed by atoms with Crippen LogP contribution in [0.4, 0.5) is 10.1 Å². The van der Waals surface area contributed by atoms with Gasteiger partial charge < -0.3 is 10.1 Å². The first-order chi connectivity index (χ1) is 13.0. The molecule has 0 saturated heterocycles. The van der Waals surface area contributed by atoms with E-state index in [1.54, 1.807) is 16.7 Å². The summed E-state index contributed by atoms with van der Waals surface area (Å²) >= 11 is 1.55. The summed E-state index contributed by atoms with van der Waals surface area (Å²) in [6, 6.07) is 2.59. The highest BCUT2D eigenvalue weighted by Crippen LogP contribution is 2.31. The van der Waals surface area contributed by atoms with Crippen molar-refractivity contribution >= 4 is 34.7 Å². The monoisotopic (exact) mass is 387 g/mol. The maximum absolute atomic E-state index is 14.3. The number of hydrogen-bond donors (Lipinski definition) is 1. The fraction of sp³-hybridized carbons (Fsp3) is 0.350. The molecule has 0 atom stereocenters. The van der Waals surface area contributed by atoms with Crippen LogP contribution in [0.5, 0.6) is 0 Å². The van der Waals surface area contributed by atoms with Crippen LogP contribution in [-0.2, 0) is 28.8 Å². The molecule has 7 heteroatoms. The van der Waals surface area contributed by atoms with Gasteiger partial charge in [0.05, 0.1) is 11.1 Å². The minimum absolute atomic E-state index is 0.120. The van der Waals surface area contributed by atoms with Gasteiger partial charge in [-0.3, -0.25) is 9.59 Å². The van der Waals surface area contributed by atoms with Crippen molar-refractivity contribution in [2.24, 2.45) is 0 Å². The molecule has 0 saturated carbocycles. The van der Waals surface area contributed by atoms with Gasteiger partial charge in [-0.25, -0.2) is 9.18 Å². The highest BCUT2D eigenvalue weighted by Gasteiger charge is 2.24. The molecule has 0 spiro atoms. The van der Waals surface area contributed by atoms with Crippen molar-refractivity contribution in [3.05, 3.63) is 50.5 Å². The topological polar surface area (TPSA) is 72.5 Å². The molecular weight excluding hydrogens is 369 g/mol. The summed E-state index contributed by atoms with van der Waals surface area (Å²) < 4.78 is 19.4. The quantitative estimate of drug-likeness (QED) is 0.642. The van der Waals surface area contributed by atoms with Crippen LogP contribution in [0.1, 0.15) is 56.0 Å². The number of carbonyl (C=O) groups is 3. The Bertz CT molecular complexity index is 950. The molecule has 140 valence electrons. The Morgan fingerprint density at radius 3 is 2.78 bits per heavy atom. The number of ketones is 1. The summed E-state index contributed by atoms with van der Waals surface area (Å²) in [6.45, 7) is -0.508. The number of rotatable bonds is 4. The summed E-state index contributed by atoms with van der Waals surface area (Å²) in [5.41, 5.74) is 2.53. The van der Waals surface area contributed by atoms with Gasteiger partial charge in [0.25, 0.3) is 0 Å². The van der Waals surface area contributed by atoms with E-state index in [2.05, 4.69) is 5.32 Å². The van der Waals surface area contributed by atoms with E-state index < -0.39 is 24.2 Å². The van der Waals surface area contributed by atoms with Crippen LogP contribution in [0, 0.1) is 5.82 Å². The number of ether oxygens (including phenoxy) is 1. The van der Waals surface area contributed by atoms with Crippen LogP contribution in [0.2, 0.25) is 0 Å². The molecule has 1 N–H and O–H groups in total. The number of thiophene rings is 1. The summed E-state index contributed by atoms with van der Waals surface area (Å²) in [5.74, 6) is -2.03. The average Bonchev–Trinajstić information content (AvgIpc) is 3.09. The number of halogens is 1. The largest absolute Gasteiger partial charge is 0.454 e. The van der Waals surface area contributed by atoms with Crippen molar-refractivity contribution in [3.8, 4) is 0 Å². The smallest absolute Gasteiger partial charge is 0.339 e. The van der Waals surface area contributed by atoms with Crippen molar-refractivity contribution in [2.75, 3.05) is 11.9 Å². The zero-order valence-electron chi connectivity index (χ0n) is 14.6. The number of anilines is 1. The maximum Gasteiger partial charge on any atom is 0.339 e. The standard InChI is InChI=1S/C20H18FNO4S/c21-15-8-16-11(5-6-19(24)22-16)7-13(15)17(23)9-26-20(25)14-10-27-18-4-2-1-3-12(14)18/h7-8,10H,1-6,9H2,(H,22,24). The lowest BCUT2D eigenvalue weighted by molar-refractivity contribution is -0.116. The van der Waals surface area contributed by atoms with Crippen molar-refractivity contribution in [1.82, 2.24) is 0 Å². The molecule has 1 amide bonds. The Morgan fingerprint density at radius 2 is 1.93 bits per heavy atom. The van der Waals surface area contributed by atoms with Gasteiger partial charge in [0.15, 0.2) is 6.61 Å². The Balaban J connectivity index is 1.46. The Morgan fingerprint density at radius 1 is 1.11 bits per heavy atom. The number of nitrogens with one attached hydrogen (secondary N) is 1. The normalized spacial score (nSPS) is 15.5. The Hall–Kier alpha value is -2.54. The van der Waals surface area contributed by atoms with Gasteiger partial charge in [-0.2, -0.15) is 0 Å². The molecule has 27 heavy (non-hydrogen) atoms. The Kier molecular flexibility index (Phi) is 4.78. The van der Waals surface area contributed by atoms with Crippen LogP contribution < -0.4 is 5.32 Å². The molecule has 0 radical (unpaired) electrons. The highest BCUT2D eigenvalue weighted by atomic mass is 32.1. The third-order valence-corrected chi connectivity index (χ3v) is 6.09. The fourth-order valence-electron chi connectivity index (χ4n) is 3.57. The van der Waals surface area contributed by atoms with E-state index >= 15 is 0 Å². The lowest BCUT2D eigenvalue weighted by atomic mass is 9.96. The number of aryl methyl sites for hydroxylation is 2. The molecule has 2 aliphatic rings. The summed E-state index contributed by atoms with van der Waals surface area (Å²) in [5, 5.41) is 4.37. The van der Waals surface area contributed by atoms with Crippen LogP contribution in [0.3, 0.4) is 0 Å². The average molecular weight is 387 g/mol. The van der Waals surface area contributed by atoms with Gasteiger partial charge >= 0.3 is 5.97 Å². The van der Waals surface area contributed by atoms with E-state index in [0.29, 0.717) is 29.7 Å². The van der Waals surface area contributed by atoms with E-state index in [0.717, 1.165) is 37.3 Å². The van der Waals surface area contributed by atoms with E-state index in [-0.39, 0.29) is 11.5 Å². The van der Waals surface area contributed by atoms with Crippen LogP contribution in [-0.4, -0.2) is 24.3 Å². The zero-order valence-corrected chi connectivity index (χ0v) is 15.4. The van der Waals surface area contributed by atoms with E-state index in [1.807, 2.05) is 0 Å². The number of Topliss-reactive ketones (excluding diaryl/α,β-unsaturated/α-hetero) is 1. The predicted molar refractivity (Wildman–Crippen MR) is 98.9 cm³/mol. The zero-order chi connectivity index (χ0) is 19.0. The molecule has 5 nitrogen and oxygen atoms in total. The fourth-order valence-corrected chi connectivity index (χ4v) is 4.68. The molecule has 2 aromatic rings. The van der Waals surface area contributed by atoms with Crippen molar-refractivity contribution in [3.63, 3.8) is 0 Å². The van der Waals surface area contributed by atoms with Gasteiger partial charge in [-0.15, -0.1) is 11.3 Å². The highest BCUT2D eigenvalue weighted by molar-refractivity contribution is 7.10. The first kappa shape index (κ1) is 17.9. The van der Waals surface area contributed by atoms with Crippen LogP contribution in [0.15, 0.2) is 17.5 Å². The third-order valence-electron chi connectivity index (χ3n) is 5.00. The first-order valence-electron chi connectivity index (χ1n) is 8.95. The minimum Gasteiger partial charge on any atom is -0.454 e. The number of esters is 1. The number of benzene rings is 1. The number of hydrogen-bond acceptors (Lipinski definition) is 5. The van der Waals surface area contributed by atoms with E-state index in [9.17, 15) is 18.8 Å². The van der Waals surface area contributed by atoms with Crippen molar-refractivity contribution in [2.45, 2.75) is 38.5 Å². The molecule has 1 aliphatic heterocycles. The van der Waals surface area contributed by atoms with Gasteiger partial charge in [0.2, 0.25) is 11.7 Å². The third kappa shape index (κ3) is 3.51. The maximum atomic E-state index is 14.3. The van der Waals surface area contributed by atoms with Gasteiger partial charge in [0.1, 0.15) is 5.82 Å². The summed E-state index contributed by atoms with van der Waals surface area (Å²) in [7, 11) is 0. The van der Waals surface area contributed by atoms with Gasteiger partial charge in [0, 0.05) is 22.4 Å². The lowest BCUT2D eigenvalue weighted by Crippen LogP contribution is -2.21. The Labute approximate surface area is 159 Å². The number of amides is 1. The molecule has 4 rings (SSSR count). The summed E-state index contributed by atoms with van der Waals surface area (Å²) in [4.78, 5) is 37.3. The minimum atomic E-state index is -0.732. The first-order valence-corrected chi connectivity index (χ1v) is 9.82. The summed E-state index contributed by atoms with van der Waals surface area (Å²) in [6.07, 6.45) is 4.73. The molecule has 0 fully saturated rings. The molecule has 1 aromatic carbocycles. The molecule has 0 bridgehead atoms. The second-order valence-electron chi connectivity index (χ2n) is 6.79. The SMILES string of the molecule is O=C1CCc2cc(C(=O)COC(=O)c3csc4c3CCCC4)c(F)cc2N1. The van der Waals surface area contributed by atoms with Gasteiger partial charge in [-0.05, 0) is 55.4 Å². The number of fused-ring (bicyclic) bond motifs is 2.